The molecule has 4 saturated carbocycles. The van der Waals surface area contributed by atoms with Gasteiger partial charge in [-0.25, -0.2) is 4.79 Å². The number of hydrogen-bond donors (Lipinski definition) is 2. The highest BCUT2D eigenvalue weighted by Gasteiger charge is 2.55. The molecule has 0 heterocycles. The molecule has 0 aliphatic heterocycles. The maximum Gasteiger partial charge on any atom is 0.329 e. The van der Waals surface area contributed by atoms with Crippen molar-refractivity contribution in [3.05, 3.63) is 0 Å². The van der Waals surface area contributed by atoms with Crippen LogP contribution in [-0.2, 0) is 9.59 Å². The molecule has 4 fully saturated rings. The van der Waals surface area contributed by atoms with E-state index in [9.17, 15) is 14.7 Å². The summed E-state index contributed by atoms with van der Waals surface area (Å²) in [5.74, 6) is 1.22. The van der Waals surface area contributed by atoms with Crippen LogP contribution in [0.3, 0.4) is 0 Å². The molecular weight excluding hydrogens is 266 g/mol. The highest BCUT2D eigenvalue weighted by atomic mass is 16.4. The second kappa shape index (κ2) is 4.99. The number of carboxylic acid groups (broad SMARTS) is 1. The average molecular weight is 293 g/mol. The van der Waals surface area contributed by atoms with Crippen LogP contribution in [0.25, 0.3) is 0 Å². The van der Waals surface area contributed by atoms with Gasteiger partial charge in [0.2, 0.25) is 5.91 Å². The molecule has 0 aromatic carbocycles. The van der Waals surface area contributed by atoms with Crippen molar-refractivity contribution >= 4 is 11.9 Å². The van der Waals surface area contributed by atoms with E-state index in [-0.39, 0.29) is 11.3 Å². The summed E-state index contributed by atoms with van der Waals surface area (Å²) in [6.45, 7) is 3.69. The largest absolute Gasteiger partial charge is 0.480 e. The molecule has 4 aliphatic carbocycles. The first-order valence-electron chi connectivity index (χ1n) is 8.49. The molecule has 4 heteroatoms. The van der Waals surface area contributed by atoms with Crippen molar-refractivity contribution in [2.45, 2.75) is 70.8 Å². The minimum atomic E-state index is -1.08. The van der Waals surface area contributed by atoms with Gasteiger partial charge in [-0.15, -0.1) is 0 Å². The van der Waals surface area contributed by atoms with Gasteiger partial charge in [-0.1, -0.05) is 13.8 Å². The molecule has 118 valence electrons. The molecule has 21 heavy (non-hydrogen) atoms. The molecule has 0 unspecified atom stereocenters. The van der Waals surface area contributed by atoms with Crippen LogP contribution in [0.2, 0.25) is 0 Å². The Labute approximate surface area is 126 Å². The number of carbonyl (C=O) groups is 2. The lowest BCUT2D eigenvalue weighted by Gasteiger charge is -2.56. The lowest BCUT2D eigenvalue weighted by atomic mass is 9.49. The van der Waals surface area contributed by atoms with E-state index in [0.717, 1.165) is 19.3 Å². The highest BCUT2D eigenvalue weighted by molar-refractivity contribution is 5.90. The second-order valence-corrected chi connectivity index (χ2v) is 7.75. The number of hydrogen-bond acceptors (Lipinski definition) is 2. The molecule has 0 aromatic rings. The van der Waals surface area contributed by atoms with Gasteiger partial charge in [0.25, 0.3) is 0 Å². The van der Waals surface area contributed by atoms with Gasteiger partial charge in [-0.05, 0) is 69.1 Å². The molecule has 1 amide bonds. The van der Waals surface area contributed by atoms with Crippen LogP contribution >= 0.6 is 0 Å². The van der Waals surface area contributed by atoms with Gasteiger partial charge in [0.1, 0.15) is 5.54 Å². The third-order valence-electron chi connectivity index (χ3n) is 6.49. The van der Waals surface area contributed by atoms with E-state index in [1.165, 1.54) is 19.3 Å². The van der Waals surface area contributed by atoms with Crippen LogP contribution in [0.1, 0.15) is 65.2 Å². The third-order valence-corrected chi connectivity index (χ3v) is 6.49. The first-order valence-corrected chi connectivity index (χ1v) is 8.49. The van der Waals surface area contributed by atoms with Crippen molar-refractivity contribution in [3.63, 3.8) is 0 Å². The van der Waals surface area contributed by atoms with E-state index < -0.39 is 11.5 Å². The van der Waals surface area contributed by atoms with Gasteiger partial charge >= 0.3 is 5.97 Å². The standard InChI is InChI=1S/C17H27NO3/c1-3-17(4-2,15(20)21)18-14(19)16-8-11-5-12(9-16)7-13(6-11)10-16/h11-13H,3-10H2,1-2H3,(H,18,19)(H,20,21). The van der Waals surface area contributed by atoms with Gasteiger partial charge < -0.3 is 10.4 Å². The van der Waals surface area contributed by atoms with Gasteiger partial charge in [-0.3, -0.25) is 4.79 Å². The Morgan fingerprint density at radius 2 is 1.48 bits per heavy atom. The van der Waals surface area contributed by atoms with Gasteiger partial charge in [0.05, 0.1) is 0 Å². The zero-order valence-electron chi connectivity index (χ0n) is 13.2. The number of nitrogens with one attached hydrogen (secondary N) is 1. The summed E-state index contributed by atoms with van der Waals surface area (Å²) in [4.78, 5) is 24.6. The van der Waals surface area contributed by atoms with Crippen molar-refractivity contribution < 1.29 is 14.7 Å². The van der Waals surface area contributed by atoms with Crippen LogP contribution in [-0.4, -0.2) is 22.5 Å². The van der Waals surface area contributed by atoms with Gasteiger partial charge in [-0.2, -0.15) is 0 Å². The lowest BCUT2D eigenvalue weighted by molar-refractivity contribution is -0.156. The zero-order valence-corrected chi connectivity index (χ0v) is 13.2. The number of amides is 1. The molecule has 0 aromatic heterocycles. The van der Waals surface area contributed by atoms with Crippen LogP contribution in [0.15, 0.2) is 0 Å². The van der Waals surface area contributed by atoms with E-state index in [4.69, 9.17) is 0 Å². The highest BCUT2D eigenvalue weighted by Crippen LogP contribution is 2.60. The fraction of sp³-hybridized carbons (Fsp3) is 0.882. The first kappa shape index (κ1) is 14.9. The summed E-state index contributed by atoms with van der Waals surface area (Å²) in [5.41, 5.74) is -1.35. The van der Waals surface area contributed by atoms with E-state index >= 15 is 0 Å². The molecule has 0 atom stereocenters. The monoisotopic (exact) mass is 293 g/mol. The van der Waals surface area contributed by atoms with Gasteiger partial charge in [0, 0.05) is 5.41 Å². The van der Waals surface area contributed by atoms with E-state index in [1.807, 2.05) is 13.8 Å². The second-order valence-electron chi connectivity index (χ2n) is 7.75. The van der Waals surface area contributed by atoms with E-state index in [1.54, 1.807) is 0 Å². The summed E-state index contributed by atoms with van der Waals surface area (Å²) in [6.07, 6.45) is 7.69. The summed E-state index contributed by atoms with van der Waals surface area (Å²) in [7, 11) is 0. The Balaban J connectivity index is 1.80. The summed E-state index contributed by atoms with van der Waals surface area (Å²) in [6, 6.07) is 0. The maximum absolute atomic E-state index is 13.0. The molecule has 0 saturated heterocycles. The molecule has 4 nitrogen and oxygen atoms in total. The van der Waals surface area contributed by atoms with Crippen LogP contribution in [0.4, 0.5) is 0 Å². The molecule has 4 rings (SSSR count). The number of carbonyl (C=O) groups excluding carboxylic acids is 1. The quantitative estimate of drug-likeness (QED) is 0.819. The maximum atomic E-state index is 13.0. The topological polar surface area (TPSA) is 66.4 Å². The van der Waals surface area contributed by atoms with Crippen molar-refractivity contribution in [2.75, 3.05) is 0 Å². The van der Waals surface area contributed by atoms with Crippen LogP contribution in [0, 0.1) is 23.2 Å². The van der Waals surface area contributed by atoms with E-state index in [0.29, 0.717) is 30.6 Å². The zero-order chi connectivity index (χ0) is 15.3. The number of rotatable bonds is 5. The Morgan fingerprint density at radius 3 is 1.81 bits per heavy atom. The van der Waals surface area contributed by atoms with Crippen molar-refractivity contribution in [2.24, 2.45) is 23.2 Å². The summed E-state index contributed by atoms with van der Waals surface area (Å²) >= 11 is 0. The van der Waals surface area contributed by atoms with Crippen LogP contribution < -0.4 is 5.32 Å². The van der Waals surface area contributed by atoms with E-state index in [2.05, 4.69) is 5.32 Å². The predicted molar refractivity (Wildman–Crippen MR) is 79.7 cm³/mol. The third kappa shape index (κ3) is 2.27. The SMILES string of the molecule is CCC(CC)(NC(=O)C12CC3CC(CC(C3)C1)C2)C(=O)O. The fourth-order valence-electron chi connectivity index (χ4n) is 5.52. The molecule has 0 radical (unpaired) electrons. The lowest BCUT2D eigenvalue weighted by Crippen LogP contribution is -2.61. The Bertz CT molecular complexity index is 418. The van der Waals surface area contributed by atoms with Crippen molar-refractivity contribution in [1.82, 2.24) is 5.32 Å². The van der Waals surface area contributed by atoms with Crippen molar-refractivity contribution in [1.29, 1.82) is 0 Å². The predicted octanol–water partition coefficient (Wildman–Crippen LogP) is 2.96. The number of carboxylic acids is 1. The molecule has 2 N–H and O–H groups in total. The number of aliphatic carboxylic acids is 1. The first-order chi connectivity index (χ1) is 9.93. The fourth-order valence-corrected chi connectivity index (χ4v) is 5.52. The normalized spacial score (nSPS) is 37.5. The minimum absolute atomic E-state index is 0.0210. The van der Waals surface area contributed by atoms with Crippen LogP contribution in [0.5, 0.6) is 0 Å². The molecule has 4 aliphatic rings. The Hall–Kier alpha value is -1.06. The van der Waals surface area contributed by atoms with Gasteiger partial charge in [0.15, 0.2) is 0 Å². The van der Waals surface area contributed by atoms with Crippen molar-refractivity contribution in [3.8, 4) is 0 Å². The minimum Gasteiger partial charge on any atom is -0.480 e. The summed E-state index contributed by atoms with van der Waals surface area (Å²) in [5, 5.41) is 12.5. The average Bonchev–Trinajstić information content (AvgIpc) is 2.42. The summed E-state index contributed by atoms with van der Waals surface area (Å²) < 4.78 is 0. The molecule has 4 bridgehead atoms. The molecule has 0 spiro atoms. The molecular formula is C17H27NO3. The smallest absolute Gasteiger partial charge is 0.329 e. The Kier molecular flexibility index (Phi) is 3.53. The Morgan fingerprint density at radius 1 is 1.05 bits per heavy atom.